The molecule has 0 unspecified atom stereocenters. The van der Waals surface area contributed by atoms with Gasteiger partial charge in [0.2, 0.25) is 0 Å². The molecule has 10 nitrogen and oxygen atoms in total. The number of carbonyl (C=O) groups excluding carboxylic acids is 2. The summed E-state index contributed by atoms with van der Waals surface area (Å²) < 4.78 is 33.2. The van der Waals surface area contributed by atoms with Gasteiger partial charge >= 0.3 is 12.2 Å². The van der Waals surface area contributed by atoms with Crippen molar-refractivity contribution in [1.29, 1.82) is 0 Å². The molecule has 1 atom stereocenters. The Labute approximate surface area is 241 Å². The number of hydrogen-bond acceptors (Lipinski definition) is 8. The number of pyridine rings is 2. The van der Waals surface area contributed by atoms with Crippen LogP contribution in [0.4, 0.5) is 31.3 Å². The van der Waals surface area contributed by atoms with Crippen molar-refractivity contribution in [3.63, 3.8) is 0 Å². The van der Waals surface area contributed by atoms with E-state index in [1.807, 2.05) is 20.8 Å². The Balaban J connectivity index is 1.59. The number of rotatable bonds is 4. The predicted octanol–water partition coefficient (Wildman–Crippen LogP) is 6.48. The minimum Gasteiger partial charge on any atom is -0.491 e. The van der Waals surface area contributed by atoms with E-state index >= 15 is 4.39 Å². The molecule has 0 aliphatic carbocycles. The monoisotopic (exact) mass is 571 g/mol. The Morgan fingerprint density at radius 1 is 1.07 bits per heavy atom. The van der Waals surface area contributed by atoms with Crippen LogP contribution in [0, 0.1) is 12.7 Å². The third-order valence-corrected chi connectivity index (χ3v) is 6.81. The fourth-order valence-electron chi connectivity index (χ4n) is 5.00. The third kappa shape index (κ3) is 7.56. The lowest BCUT2D eigenvalue weighted by atomic mass is 9.90. The van der Waals surface area contributed by atoms with Crippen LogP contribution in [0.2, 0.25) is 0 Å². The van der Waals surface area contributed by atoms with E-state index in [0.717, 1.165) is 0 Å². The first-order valence-electron chi connectivity index (χ1n) is 14.2. The van der Waals surface area contributed by atoms with Crippen LogP contribution in [-0.4, -0.2) is 65.0 Å². The highest BCUT2D eigenvalue weighted by atomic mass is 19.1. The number of hydrogen-bond donors (Lipinski definition) is 1. The van der Waals surface area contributed by atoms with Crippen LogP contribution in [0.3, 0.4) is 0 Å². The molecule has 1 N–H and O–H groups in total. The molecule has 1 fully saturated rings. The van der Waals surface area contributed by atoms with Crippen LogP contribution < -0.4 is 15.0 Å². The molecule has 224 valence electrons. The third-order valence-electron chi connectivity index (χ3n) is 6.81. The van der Waals surface area contributed by atoms with Gasteiger partial charge in [0.25, 0.3) is 0 Å². The molecule has 2 aromatic heterocycles. The van der Waals surface area contributed by atoms with E-state index in [1.54, 1.807) is 51.8 Å². The fraction of sp³-hybridized carbons (Fsp3) is 0.600. The highest BCUT2D eigenvalue weighted by Crippen LogP contribution is 2.42. The van der Waals surface area contributed by atoms with Gasteiger partial charge in [0.05, 0.1) is 18.0 Å². The zero-order valence-corrected chi connectivity index (χ0v) is 25.4. The maximum Gasteiger partial charge on any atom is 0.414 e. The molecule has 11 heteroatoms. The van der Waals surface area contributed by atoms with E-state index in [-0.39, 0.29) is 17.8 Å². The molecule has 2 amide bonds. The molecular formula is C30H42FN5O5. The maximum atomic E-state index is 16.3. The summed E-state index contributed by atoms with van der Waals surface area (Å²) in [5, 5.41) is 3.06. The van der Waals surface area contributed by atoms with Gasteiger partial charge in [0.1, 0.15) is 22.8 Å². The number of likely N-dealkylation sites (tertiary alicyclic amines) is 1. The minimum atomic E-state index is -0.646. The molecule has 41 heavy (non-hydrogen) atoms. The number of fused-ring (bicyclic) bond motifs is 1. The number of nitrogens with one attached hydrogen (secondary N) is 1. The van der Waals surface area contributed by atoms with E-state index in [1.165, 1.54) is 4.90 Å². The van der Waals surface area contributed by atoms with Crippen molar-refractivity contribution in [2.24, 2.45) is 0 Å². The smallest absolute Gasteiger partial charge is 0.414 e. The molecular weight excluding hydrogens is 529 g/mol. The van der Waals surface area contributed by atoms with E-state index in [0.29, 0.717) is 79.6 Å². The molecule has 1 saturated heterocycles. The Kier molecular flexibility index (Phi) is 8.65. The van der Waals surface area contributed by atoms with Crippen molar-refractivity contribution in [1.82, 2.24) is 14.9 Å². The van der Waals surface area contributed by atoms with Gasteiger partial charge in [-0.1, -0.05) is 0 Å². The molecule has 2 aromatic rings. The Bertz CT molecular complexity index is 1300. The normalized spacial score (nSPS) is 17.3. The van der Waals surface area contributed by atoms with E-state index in [4.69, 9.17) is 14.2 Å². The summed E-state index contributed by atoms with van der Waals surface area (Å²) in [4.78, 5) is 37.5. The molecule has 0 bridgehead atoms. The highest BCUT2D eigenvalue weighted by Gasteiger charge is 2.33. The van der Waals surface area contributed by atoms with Crippen molar-refractivity contribution >= 4 is 29.5 Å². The number of amides is 2. The molecule has 0 spiro atoms. The molecule has 2 aliphatic rings. The standard InChI is InChI=1S/C30H42FN5O5/c1-18-16-20(35(8)27(37)40-29(2,3)4)17-22(32-18)34-26-24(31)23(25-21(33-26)12-15-39-25)19-10-9-13-36(14-11-19)28(38)41-30(5,6)7/h16-17,19H,9-15H2,1-8H3,(H,32,33,34)/t19-/m0/s1. The van der Waals surface area contributed by atoms with Crippen molar-refractivity contribution in [2.45, 2.75) is 91.3 Å². The molecule has 4 rings (SSSR count). The zero-order valence-electron chi connectivity index (χ0n) is 25.4. The molecule has 0 aromatic carbocycles. The van der Waals surface area contributed by atoms with Crippen molar-refractivity contribution in [3.8, 4) is 5.75 Å². The van der Waals surface area contributed by atoms with Crippen LogP contribution in [0.1, 0.15) is 83.7 Å². The van der Waals surface area contributed by atoms with E-state index < -0.39 is 23.1 Å². The van der Waals surface area contributed by atoms with E-state index in [2.05, 4.69) is 15.3 Å². The molecule has 2 aliphatic heterocycles. The van der Waals surface area contributed by atoms with Crippen molar-refractivity contribution in [3.05, 3.63) is 34.9 Å². The summed E-state index contributed by atoms with van der Waals surface area (Å²) in [6.07, 6.45) is 1.69. The number of halogens is 1. The SMILES string of the molecule is Cc1cc(N(C)C(=O)OC(C)(C)C)cc(Nc2nc3c(c([C@H]4CCCN(C(=O)OC(C)(C)C)CC4)c2F)OCC3)n1. The largest absolute Gasteiger partial charge is 0.491 e. The Morgan fingerprint density at radius 2 is 1.78 bits per heavy atom. The van der Waals surface area contributed by atoms with Gasteiger partial charge in [-0.05, 0) is 79.7 Å². The topological polar surface area (TPSA) is 106 Å². The van der Waals surface area contributed by atoms with Crippen molar-refractivity contribution in [2.75, 3.05) is 37.0 Å². The second kappa shape index (κ2) is 11.7. The van der Waals surface area contributed by atoms with Gasteiger partial charge in [-0.3, -0.25) is 4.90 Å². The highest BCUT2D eigenvalue weighted by molar-refractivity contribution is 5.88. The van der Waals surface area contributed by atoms with Gasteiger partial charge in [-0.15, -0.1) is 0 Å². The molecule has 0 saturated carbocycles. The van der Waals surface area contributed by atoms with Crippen LogP contribution in [0.5, 0.6) is 5.75 Å². The Hall–Kier alpha value is -3.63. The van der Waals surface area contributed by atoms with E-state index in [9.17, 15) is 9.59 Å². The summed E-state index contributed by atoms with van der Waals surface area (Å²) in [5.74, 6) is 0.264. The lowest BCUT2D eigenvalue weighted by molar-refractivity contribution is 0.0256. The van der Waals surface area contributed by atoms with Crippen LogP contribution in [-0.2, 0) is 15.9 Å². The number of ether oxygens (including phenoxy) is 3. The van der Waals surface area contributed by atoms with Gasteiger partial charge in [0, 0.05) is 43.9 Å². The fourth-order valence-corrected chi connectivity index (χ4v) is 5.00. The maximum absolute atomic E-state index is 16.3. The summed E-state index contributed by atoms with van der Waals surface area (Å²) >= 11 is 0. The summed E-state index contributed by atoms with van der Waals surface area (Å²) in [6.45, 7) is 14.2. The number of aromatic nitrogens is 2. The number of anilines is 3. The number of aryl methyl sites for hydroxylation is 1. The summed E-state index contributed by atoms with van der Waals surface area (Å²) in [5.41, 5.74) is 1.13. The lowest BCUT2D eigenvalue weighted by Gasteiger charge is -2.26. The first kappa shape index (κ1) is 30.3. The van der Waals surface area contributed by atoms with Gasteiger partial charge in [0.15, 0.2) is 11.6 Å². The second-order valence-corrected chi connectivity index (χ2v) is 12.7. The van der Waals surface area contributed by atoms with Crippen LogP contribution in [0.15, 0.2) is 12.1 Å². The zero-order chi connectivity index (χ0) is 30.1. The summed E-state index contributed by atoms with van der Waals surface area (Å²) in [7, 11) is 1.61. The minimum absolute atomic E-state index is 0.0569. The summed E-state index contributed by atoms with van der Waals surface area (Å²) in [6, 6.07) is 3.41. The van der Waals surface area contributed by atoms with Crippen LogP contribution in [0.25, 0.3) is 0 Å². The Morgan fingerprint density at radius 3 is 2.46 bits per heavy atom. The van der Waals surface area contributed by atoms with Crippen molar-refractivity contribution < 1.29 is 28.2 Å². The van der Waals surface area contributed by atoms with Crippen LogP contribution >= 0.6 is 0 Å². The average molecular weight is 572 g/mol. The predicted molar refractivity (Wildman–Crippen MR) is 155 cm³/mol. The van der Waals surface area contributed by atoms with Gasteiger partial charge in [-0.25, -0.2) is 23.9 Å². The van der Waals surface area contributed by atoms with Gasteiger partial charge < -0.3 is 24.4 Å². The lowest BCUT2D eigenvalue weighted by Crippen LogP contribution is -2.37. The first-order chi connectivity index (χ1) is 19.1. The molecule has 4 heterocycles. The first-order valence-corrected chi connectivity index (χ1v) is 14.2. The number of nitrogens with zero attached hydrogens (tertiary/aromatic N) is 4. The number of carbonyl (C=O) groups is 2. The molecule has 0 radical (unpaired) electrons. The van der Waals surface area contributed by atoms with Gasteiger partial charge in [-0.2, -0.15) is 0 Å². The average Bonchev–Trinajstić information content (AvgIpc) is 3.16. The second-order valence-electron chi connectivity index (χ2n) is 12.7. The quantitative estimate of drug-likeness (QED) is 0.445.